The highest BCUT2D eigenvalue weighted by atomic mass is 35.5. The Balaban J connectivity index is 1.55. The van der Waals surface area contributed by atoms with Crippen LogP contribution in [0.4, 0.5) is 5.69 Å². The standard InChI is InChI=1S/C18H18Cl3N3O3S/c19-13-1-3-17(4-2-13)28(26,27)24-7-5-23(6-8-24)12-18(25)22-16-10-14(20)9-15(21)11-16/h1-4,9-11H,5-8,12H2,(H,22,25)/p+1. The zero-order valence-corrected chi connectivity index (χ0v) is 17.9. The molecule has 0 spiro atoms. The molecular weight excluding hydrogens is 445 g/mol. The summed E-state index contributed by atoms with van der Waals surface area (Å²) < 4.78 is 26.8. The molecule has 0 atom stereocenters. The summed E-state index contributed by atoms with van der Waals surface area (Å²) in [7, 11) is -3.56. The Morgan fingerprint density at radius 2 is 1.54 bits per heavy atom. The average Bonchev–Trinajstić information content (AvgIpc) is 2.61. The molecular formula is C18H19Cl3N3O3S+. The number of rotatable bonds is 5. The van der Waals surface area contributed by atoms with Gasteiger partial charge < -0.3 is 10.2 Å². The van der Waals surface area contributed by atoms with Crippen LogP contribution in [0, 0.1) is 0 Å². The molecule has 0 saturated carbocycles. The third-order valence-corrected chi connectivity index (χ3v) is 7.04. The van der Waals surface area contributed by atoms with Gasteiger partial charge >= 0.3 is 0 Å². The summed E-state index contributed by atoms with van der Waals surface area (Å²) in [5.41, 5.74) is 0.533. The van der Waals surface area contributed by atoms with Crippen molar-refractivity contribution >= 4 is 56.4 Å². The Morgan fingerprint density at radius 3 is 2.11 bits per heavy atom. The molecule has 1 aliphatic rings. The van der Waals surface area contributed by atoms with E-state index in [9.17, 15) is 13.2 Å². The molecule has 0 bridgehead atoms. The van der Waals surface area contributed by atoms with E-state index in [1.54, 1.807) is 30.3 Å². The number of amides is 1. The number of piperazine rings is 1. The number of halogens is 3. The maximum absolute atomic E-state index is 12.7. The van der Waals surface area contributed by atoms with Crippen LogP contribution >= 0.6 is 34.8 Å². The Bertz CT molecular complexity index is 940. The number of quaternary nitrogens is 1. The van der Waals surface area contributed by atoms with E-state index in [-0.39, 0.29) is 17.3 Å². The first-order chi connectivity index (χ1) is 13.2. The monoisotopic (exact) mass is 462 g/mol. The number of carbonyl (C=O) groups excluding carboxylic acids is 1. The normalized spacial score (nSPS) is 16.1. The van der Waals surface area contributed by atoms with E-state index in [0.717, 1.165) is 4.90 Å². The van der Waals surface area contributed by atoms with Crippen molar-refractivity contribution in [1.29, 1.82) is 0 Å². The second-order valence-electron chi connectivity index (χ2n) is 6.49. The number of sulfonamides is 1. The van der Waals surface area contributed by atoms with Crippen molar-refractivity contribution in [2.75, 3.05) is 38.0 Å². The minimum atomic E-state index is -3.56. The number of hydrogen-bond donors (Lipinski definition) is 2. The van der Waals surface area contributed by atoms with Crippen molar-refractivity contribution in [3.05, 3.63) is 57.5 Å². The van der Waals surface area contributed by atoms with Crippen LogP contribution in [-0.2, 0) is 14.8 Å². The SMILES string of the molecule is O=C(C[NH+]1CCN(S(=O)(=O)c2ccc(Cl)cc2)CC1)Nc1cc(Cl)cc(Cl)c1. The molecule has 0 radical (unpaired) electrons. The summed E-state index contributed by atoms with van der Waals surface area (Å²) in [6.07, 6.45) is 0. The second kappa shape index (κ2) is 8.98. The van der Waals surface area contributed by atoms with E-state index in [1.807, 2.05) is 0 Å². The minimum absolute atomic E-state index is 0.178. The Hall–Kier alpha value is -1.35. The Labute approximate surface area is 179 Å². The van der Waals surface area contributed by atoms with Crippen molar-refractivity contribution in [2.45, 2.75) is 4.90 Å². The summed E-state index contributed by atoms with van der Waals surface area (Å²) in [6.45, 7) is 2.00. The first-order valence-corrected chi connectivity index (χ1v) is 11.2. The highest BCUT2D eigenvalue weighted by Gasteiger charge is 2.31. The van der Waals surface area contributed by atoms with E-state index in [1.165, 1.54) is 16.4 Å². The third kappa shape index (κ3) is 5.37. The van der Waals surface area contributed by atoms with Gasteiger partial charge in [-0.25, -0.2) is 8.42 Å². The fourth-order valence-corrected chi connectivity index (χ4v) is 5.13. The number of benzene rings is 2. The van der Waals surface area contributed by atoms with E-state index >= 15 is 0 Å². The van der Waals surface area contributed by atoms with Crippen LogP contribution in [0.2, 0.25) is 15.1 Å². The summed E-state index contributed by atoms with van der Waals surface area (Å²) in [5.74, 6) is -0.178. The van der Waals surface area contributed by atoms with Crippen molar-refractivity contribution < 1.29 is 18.1 Å². The maximum Gasteiger partial charge on any atom is 0.279 e. The topological polar surface area (TPSA) is 70.9 Å². The van der Waals surface area contributed by atoms with Crippen LogP contribution in [0.1, 0.15) is 0 Å². The van der Waals surface area contributed by atoms with Gasteiger partial charge in [-0.1, -0.05) is 34.8 Å². The molecule has 6 nitrogen and oxygen atoms in total. The quantitative estimate of drug-likeness (QED) is 0.714. The first kappa shape index (κ1) is 21.4. The Kier molecular flexibility index (Phi) is 6.85. The van der Waals surface area contributed by atoms with Crippen LogP contribution in [0.15, 0.2) is 47.4 Å². The van der Waals surface area contributed by atoms with Crippen LogP contribution < -0.4 is 10.2 Å². The number of nitrogens with one attached hydrogen (secondary N) is 2. The largest absolute Gasteiger partial charge is 0.325 e. The zero-order valence-electron chi connectivity index (χ0n) is 14.8. The highest BCUT2D eigenvalue weighted by Crippen LogP contribution is 2.22. The van der Waals surface area contributed by atoms with Gasteiger partial charge in [0.15, 0.2) is 6.54 Å². The molecule has 2 aromatic rings. The molecule has 2 N–H and O–H groups in total. The van der Waals surface area contributed by atoms with Crippen molar-refractivity contribution in [3.8, 4) is 0 Å². The predicted octanol–water partition coefficient (Wildman–Crippen LogP) is 2.17. The summed E-state index contributed by atoms with van der Waals surface area (Å²) in [4.78, 5) is 13.5. The minimum Gasteiger partial charge on any atom is -0.325 e. The zero-order chi connectivity index (χ0) is 20.3. The molecule has 10 heteroatoms. The molecule has 28 heavy (non-hydrogen) atoms. The average molecular weight is 464 g/mol. The lowest BCUT2D eigenvalue weighted by Crippen LogP contribution is -3.15. The van der Waals surface area contributed by atoms with Gasteiger partial charge in [-0.05, 0) is 42.5 Å². The lowest BCUT2D eigenvalue weighted by Gasteiger charge is -2.31. The van der Waals surface area contributed by atoms with Gasteiger partial charge in [-0.15, -0.1) is 0 Å². The number of hydrogen-bond acceptors (Lipinski definition) is 3. The van der Waals surface area contributed by atoms with Gasteiger partial charge in [-0.3, -0.25) is 4.79 Å². The molecule has 1 aliphatic heterocycles. The number of anilines is 1. The molecule has 0 aromatic heterocycles. The van der Waals surface area contributed by atoms with Crippen LogP contribution in [0.5, 0.6) is 0 Å². The van der Waals surface area contributed by atoms with E-state index in [2.05, 4.69) is 5.32 Å². The lowest BCUT2D eigenvalue weighted by molar-refractivity contribution is -0.895. The number of nitrogens with zero attached hydrogens (tertiary/aromatic N) is 1. The lowest BCUT2D eigenvalue weighted by atomic mass is 10.3. The third-order valence-electron chi connectivity index (χ3n) is 4.44. The van der Waals surface area contributed by atoms with Crippen LogP contribution in [0.3, 0.4) is 0 Å². The molecule has 1 amide bonds. The second-order valence-corrected chi connectivity index (χ2v) is 9.74. The molecule has 1 fully saturated rings. The van der Waals surface area contributed by atoms with Gasteiger partial charge in [0.25, 0.3) is 5.91 Å². The van der Waals surface area contributed by atoms with Gasteiger partial charge in [-0.2, -0.15) is 4.31 Å². The molecule has 1 saturated heterocycles. The van der Waals surface area contributed by atoms with E-state index in [4.69, 9.17) is 34.8 Å². The van der Waals surface area contributed by atoms with Crippen LogP contribution in [-0.4, -0.2) is 51.4 Å². The molecule has 2 aromatic carbocycles. The first-order valence-electron chi connectivity index (χ1n) is 8.59. The molecule has 1 heterocycles. The fourth-order valence-electron chi connectivity index (χ4n) is 3.03. The maximum atomic E-state index is 12.7. The van der Waals surface area contributed by atoms with Gasteiger partial charge in [0.05, 0.1) is 31.1 Å². The van der Waals surface area contributed by atoms with Crippen molar-refractivity contribution in [2.24, 2.45) is 0 Å². The van der Waals surface area contributed by atoms with Gasteiger partial charge in [0, 0.05) is 20.8 Å². The number of carbonyl (C=O) groups is 1. The van der Waals surface area contributed by atoms with Gasteiger partial charge in [0.2, 0.25) is 10.0 Å². The van der Waals surface area contributed by atoms with Crippen LogP contribution in [0.25, 0.3) is 0 Å². The van der Waals surface area contributed by atoms with E-state index in [0.29, 0.717) is 46.9 Å². The smallest absolute Gasteiger partial charge is 0.279 e. The van der Waals surface area contributed by atoms with E-state index < -0.39 is 10.0 Å². The summed E-state index contributed by atoms with van der Waals surface area (Å²) in [6, 6.07) is 10.9. The summed E-state index contributed by atoms with van der Waals surface area (Å²) >= 11 is 17.7. The molecule has 150 valence electrons. The molecule has 3 rings (SSSR count). The molecule has 0 aliphatic carbocycles. The molecule has 0 unspecified atom stereocenters. The predicted molar refractivity (Wildman–Crippen MR) is 111 cm³/mol. The Morgan fingerprint density at radius 1 is 0.964 bits per heavy atom. The van der Waals surface area contributed by atoms with Crippen molar-refractivity contribution in [3.63, 3.8) is 0 Å². The fraction of sp³-hybridized carbons (Fsp3) is 0.278. The van der Waals surface area contributed by atoms with Gasteiger partial charge in [0.1, 0.15) is 0 Å². The summed E-state index contributed by atoms with van der Waals surface area (Å²) in [5, 5.41) is 4.14. The van der Waals surface area contributed by atoms with Crippen molar-refractivity contribution in [1.82, 2.24) is 4.31 Å². The highest BCUT2D eigenvalue weighted by molar-refractivity contribution is 7.89.